The molecule has 0 aliphatic heterocycles. The Morgan fingerprint density at radius 1 is 1.03 bits per heavy atom. The third-order valence-corrected chi connectivity index (χ3v) is 6.90. The third kappa shape index (κ3) is 4.78. The van der Waals surface area contributed by atoms with Crippen LogP contribution in [0.25, 0.3) is 22.6 Å². The number of amides is 1. The average molecular weight is 421 g/mol. The maximum Gasteiger partial charge on any atom is 0.257 e. The van der Waals surface area contributed by atoms with E-state index in [4.69, 9.17) is 9.40 Å². The number of nitrogens with zero attached hydrogens (tertiary/aromatic N) is 1. The quantitative estimate of drug-likeness (QED) is 0.494. The summed E-state index contributed by atoms with van der Waals surface area (Å²) < 4.78 is 6.11. The van der Waals surface area contributed by atoms with Crippen LogP contribution in [0.15, 0.2) is 70.3 Å². The second-order valence-corrected chi connectivity index (χ2v) is 9.05. The van der Waals surface area contributed by atoms with Crippen LogP contribution in [0.1, 0.15) is 33.1 Å². The molecular formula is C25H28N2O2S. The fraction of sp³-hybridized carbons (Fsp3) is 0.360. The van der Waals surface area contributed by atoms with E-state index < -0.39 is 0 Å². The van der Waals surface area contributed by atoms with Crippen molar-refractivity contribution in [2.75, 3.05) is 5.75 Å². The molecule has 156 valence electrons. The summed E-state index contributed by atoms with van der Waals surface area (Å²) in [6.45, 7) is 4.52. The Balaban J connectivity index is 1.48. The lowest BCUT2D eigenvalue weighted by atomic mass is 9.78. The second kappa shape index (κ2) is 9.52. The Morgan fingerprint density at radius 3 is 2.40 bits per heavy atom. The Morgan fingerprint density at radius 2 is 1.70 bits per heavy atom. The predicted octanol–water partition coefficient (Wildman–Crippen LogP) is 6.04. The number of oxazole rings is 1. The highest BCUT2D eigenvalue weighted by Gasteiger charge is 2.28. The van der Waals surface area contributed by atoms with Crippen molar-refractivity contribution in [3.8, 4) is 22.6 Å². The first-order chi connectivity index (χ1) is 14.6. The summed E-state index contributed by atoms with van der Waals surface area (Å²) in [6.07, 6.45) is 3.50. The van der Waals surface area contributed by atoms with E-state index >= 15 is 0 Å². The molecule has 1 amide bonds. The normalized spacial score (nSPS) is 21.3. The van der Waals surface area contributed by atoms with Gasteiger partial charge in [-0.2, -0.15) is 0 Å². The molecule has 1 saturated carbocycles. The van der Waals surface area contributed by atoms with Gasteiger partial charge in [-0.15, -0.1) is 0 Å². The number of thioether (sulfide) groups is 1. The van der Waals surface area contributed by atoms with Crippen molar-refractivity contribution in [1.82, 2.24) is 10.3 Å². The van der Waals surface area contributed by atoms with E-state index in [1.54, 1.807) is 0 Å². The van der Waals surface area contributed by atoms with Gasteiger partial charge in [0.1, 0.15) is 5.69 Å². The molecule has 0 radical (unpaired) electrons. The molecule has 30 heavy (non-hydrogen) atoms. The number of carbonyl (C=O) groups excluding carboxylic acids is 1. The molecule has 1 aliphatic carbocycles. The molecule has 2 aromatic carbocycles. The van der Waals surface area contributed by atoms with E-state index in [-0.39, 0.29) is 11.9 Å². The molecule has 3 aromatic rings. The number of aromatic nitrogens is 1. The van der Waals surface area contributed by atoms with Crippen molar-refractivity contribution in [3.05, 3.63) is 60.7 Å². The summed E-state index contributed by atoms with van der Waals surface area (Å²) in [6, 6.07) is 20.3. The minimum absolute atomic E-state index is 0.0478. The van der Waals surface area contributed by atoms with Crippen LogP contribution in [-0.2, 0) is 4.79 Å². The van der Waals surface area contributed by atoms with Crippen LogP contribution < -0.4 is 5.32 Å². The maximum absolute atomic E-state index is 12.6. The number of hydrogen-bond acceptors (Lipinski definition) is 4. The summed E-state index contributed by atoms with van der Waals surface area (Å²) in [4.78, 5) is 17.3. The number of carbonyl (C=O) groups is 1. The average Bonchev–Trinajstić information content (AvgIpc) is 3.21. The zero-order valence-corrected chi connectivity index (χ0v) is 18.3. The predicted molar refractivity (Wildman–Crippen MR) is 122 cm³/mol. The lowest BCUT2D eigenvalue weighted by Gasteiger charge is -2.34. The summed E-state index contributed by atoms with van der Waals surface area (Å²) >= 11 is 1.35. The van der Waals surface area contributed by atoms with Gasteiger partial charge in [-0.05, 0) is 18.3 Å². The van der Waals surface area contributed by atoms with Gasteiger partial charge in [0.25, 0.3) is 5.22 Å². The van der Waals surface area contributed by atoms with Crippen LogP contribution in [-0.4, -0.2) is 22.7 Å². The third-order valence-electron chi connectivity index (χ3n) is 6.07. The smallest absolute Gasteiger partial charge is 0.257 e. The van der Waals surface area contributed by atoms with Gasteiger partial charge in [-0.1, -0.05) is 99.1 Å². The number of benzene rings is 2. The van der Waals surface area contributed by atoms with Gasteiger partial charge >= 0.3 is 0 Å². The van der Waals surface area contributed by atoms with Gasteiger partial charge < -0.3 is 9.73 Å². The highest BCUT2D eigenvalue weighted by molar-refractivity contribution is 7.99. The number of rotatable bonds is 6. The molecule has 4 nitrogen and oxygen atoms in total. The summed E-state index contributed by atoms with van der Waals surface area (Å²) in [5.74, 6) is 2.26. The Hall–Kier alpha value is -2.53. The Labute approximate surface area is 182 Å². The van der Waals surface area contributed by atoms with Crippen molar-refractivity contribution in [1.29, 1.82) is 0 Å². The van der Waals surface area contributed by atoms with E-state index in [0.29, 0.717) is 22.8 Å². The van der Waals surface area contributed by atoms with E-state index in [2.05, 4.69) is 19.2 Å². The van der Waals surface area contributed by atoms with E-state index in [1.807, 2.05) is 60.7 Å². The van der Waals surface area contributed by atoms with Crippen molar-refractivity contribution in [3.63, 3.8) is 0 Å². The van der Waals surface area contributed by atoms with Gasteiger partial charge in [0, 0.05) is 17.2 Å². The topological polar surface area (TPSA) is 55.1 Å². The molecule has 1 aliphatic rings. The van der Waals surface area contributed by atoms with Crippen molar-refractivity contribution < 1.29 is 9.21 Å². The molecule has 5 heteroatoms. The van der Waals surface area contributed by atoms with Crippen molar-refractivity contribution >= 4 is 17.7 Å². The molecular weight excluding hydrogens is 392 g/mol. The second-order valence-electron chi connectivity index (χ2n) is 8.12. The van der Waals surface area contributed by atoms with Crippen LogP contribution in [0.3, 0.4) is 0 Å². The maximum atomic E-state index is 12.6. The SMILES string of the molecule is CC1CCCC(NC(=O)CSc2nc(-c3ccccc3)c(-c3ccccc3)o2)C1C. The zero-order chi connectivity index (χ0) is 20.9. The first kappa shape index (κ1) is 20.7. The molecule has 3 atom stereocenters. The summed E-state index contributed by atoms with van der Waals surface area (Å²) in [5.41, 5.74) is 2.78. The molecule has 1 N–H and O–H groups in total. The van der Waals surface area contributed by atoms with Gasteiger partial charge in [-0.25, -0.2) is 4.98 Å². The summed E-state index contributed by atoms with van der Waals surface area (Å²) in [5, 5.41) is 3.75. The van der Waals surface area contributed by atoms with E-state index in [0.717, 1.165) is 29.0 Å². The molecule has 1 aromatic heterocycles. The molecule has 0 bridgehead atoms. The first-order valence-electron chi connectivity index (χ1n) is 10.7. The lowest BCUT2D eigenvalue weighted by Crippen LogP contribution is -2.44. The van der Waals surface area contributed by atoms with Gasteiger partial charge in [0.15, 0.2) is 5.76 Å². The summed E-state index contributed by atoms with van der Waals surface area (Å²) in [7, 11) is 0. The van der Waals surface area contributed by atoms with Crippen LogP contribution >= 0.6 is 11.8 Å². The van der Waals surface area contributed by atoms with Crippen LogP contribution in [0.2, 0.25) is 0 Å². The van der Waals surface area contributed by atoms with E-state index in [1.165, 1.54) is 24.6 Å². The first-order valence-corrected chi connectivity index (χ1v) is 11.6. The van der Waals surface area contributed by atoms with Gasteiger partial charge in [-0.3, -0.25) is 4.79 Å². The van der Waals surface area contributed by atoms with Crippen molar-refractivity contribution in [2.24, 2.45) is 11.8 Å². The lowest BCUT2D eigenvalue weighted by molar-refractivity contribution is -0.120. The minimum atomic E-state index is 0.0478. The molecule has 0 saturated heterocycles. The minimum Gasteiger partial charge on any atom is -0.431 e. The standard InChI is InChI=1S/C25H28N2O2S/c1-17-10-9-15-21(18(17)2)26-22(28)16-30-25-27-23(19-11-5-3-6-12-19)24(29-25)20-13-7-4-8-14-20/h3-8,11-14,17-18,21H,9-10,15-16H2,1-2H3,(H,26,28). The van der Waals surface area contributed by atoms with Crippen LogP contribution in [0, 0.1) is 11.8 Å². The van der Waals surface area contributed by atoms with Gasteiger partial charge in [0.2, 0.25) is 5.91 Å². The van der Waals surface area contributed by atoms with E-state index in [9.17, 15) is 4.79 Å². The monoisotopic (exact) mass is 420 g/mol. The van der Waals surface area contributed by atoms with Crippen molar-refractivity contribution in [2.45, 2.75) is 44.4 Å². The molecule has 1 heterocycles. The highest BCUT2D eigenvalue weighted by atomic mass is 32.2. The van der Waals surface area contributed by atoms with Crippen LogP contribution in [0.4, 0.5) is 0 Å². The van der Waals surface area contributed by atoms with Crippen LogP contribution in [0.5, 0.6) is 0 Å². The number of nitrogens with one attached hydrogen (secondary N) is 1. The highest BCUT2D eigenvalue weighted by Crippen LogP contribution is 2.35. The Kier molecular flexibility index (Phi) is 6.58. The fourth-order valence-corrected chi connectivity index (χ4v) is 4.74. The molecule has 0 spiro atoms. The van der Waals surface area contributed by atoms with Gasteiger partial charge in [0.05, 0.1) is 5.75 Å². The fourth-order valence-electron chi connectivity index (χ4n) is 4.10. The molecule has 1 fully saturated rings. The number of hydrogen-bond donors (Lipinski definition) is 1. The Bertz CT molecular complexity index is 914. The zero-order valence-electron chi connectivity index (χ0n) is 17.5. The molecule has 4 rings (SSSR count). The largest absolute Gasteiger partial charge is 0.431 e. The molecule has 3 unspecified atom stereocenters.